The smallest absolute Gasteiger partial charge is 0.289 e. The summed E-state index contributed by atoms with van der Waals surface area (Å²) in [7, 11) is 0. The first-order chi connectivity index (χ1) is 11.7. The first-order valence-electron chi connectivity index (χ1n) is 7.75. The number of carbonyl (C=O) groups excluding carboxylic acids is 2. The van der Waals surface area contributed by atoms with Gasteiger partial charge in [-0.15, -0.1) is 0 Å². The van der Waals surface area contributed by atoms with Gasteiger partial charge in [-0.25, -0.2) is 0 Å². The highest BCUT2D eigenvalue weighted by Crippen LogP contribution is 2.36. The highest BCUT2D eigenvalue weighted by molar-refractivity contribution is 5.98. The van der Waals surface area contributed by atoms with Crippen molar-refractivity contribution < 1.29 is 23.5 Å². The lowest BCUT2D eigenvalue weighted by Gasteiger charge is -2.34. The number of hydrogen-bond donors (Lipinski definition) is 0. The molecule has 4 rings (SSSR count). The van der Waals surface area contributed by atoms with Gasteiger partial charge in [-0.05, 0) is 24.3 Å². The molecule has 2 aliphatic rings. The fourth-order valence-corrected chi connectivity index (χ4v) is 2.94. The summed E-state index contributed by atoms with van der Waals surface area (Å²) in [5.41, 5.74) is 0.496. The van der Waals surface area contributed by atoms with Crippen LogP contribution in [0, 0.1) is 0 Å². The fourth-order valence-electron chi connectivity index (χ4n) is 2.94. The number of amides is 2. The predicted octanol–water partition coefficient (Wildman–Crippen LogP) is 1.61. The average molecular weight is 328 g/mol. The normalized spacial score (nSPS) is 16.3. The molecule has 0 atom stereocenters. The highest BCUT2D eigenvalue weighted by atomic mass is 16.7. The van der Waals surface area contributed by atoms with E-state index in [0.717, 1.165) is 0 Å². The predicted molar refractivity (Wildman–Crippen MR) is 83.1 cm³/mol. The summed E-state index contributed by atoms with van der Waals surface area (Å²) in [5.74, 6) is 1.15. The van der Waals surface area contributed by atoms with Crippen molar-refractivity contribution >= 4 is 11.8 Å². The Balaban J connectivity index is 1.44. The second-order valence-electron chi connectivity index (χ2n) is 5.60. The van der Waals surface area contributed by atoms with Crippen molar-refractivity contribution in [1.82, 2.24) is 9.80 Å². The number of fused-ring (bicyclic) bond motifs is 1. The van der Waals surface area contributed by atoms with Crippen LogP contribution in [0.25, 0.3) is 0 Å². The van der Waals surface area contributed by atoms with Crippen LogP contribution < -0.4 is 9.47 Å². The number of piperazine rings is 1. The topological polar surface area (TPSA) is 72.2 Å². The van der Waals surface area contributed by atoms with E-state index in [9.17, 15) is 9.59 Å². The van der Waals surface area contributed by atoms with Crippen LogP contribution in [0.4, 0.5) is 0 Å². The lowest BCUT2D eigenvalue weighted by atomic mass is 10.1. The van der Waals surface area contributed by atoms with Crippen molar-refractivity contribution in [1.29, 1.82) is 0 Å². The summed E-state index contributed by atoms with van der Waals surface area (Å²) >= 11 is 0. The molecule has 0 aliphatic carbocycles. The Morgan fingerprint density at radius 3 is 2.33 bits per heavy atom. The van der Waals surface area contributed by atoms with E-state index < -0.39 is 0 Å². The number of hydrogen-bond acceptors (Lipinski definition) is 5. The van der Waals surface area contributed by atoms with Gasteiger partial charge in [0.05, 0.1) is 11.8 Å². The minimum Gasteiger partial charge on any atom is -0.459 e. The van der Waals surface area contributed by atoms with Crippen LogP contribution in [-0.4, -0.2) is 54.6 Å². The van der Waals surface area contributed by atoms with Crippen LogP contribution in [0.1, 0.15) is 20.9 Å². The lowest BCUT2D eigenvalue weighted by Crippen LogP contribution is -2.50. The van der Waals surface area contributed by atoms with Gasteiger partial charge < -0.3 is 23.7 Å². The van der Waals surface area contributed by atoms with Crippen LogP contribution in [-0.2, 0) is 0 Å². The number of furan rings is 1. The molecule has 7 heteroatoms. The van der Waals surface area contributed by atoms with Gasteiger partial charge in [0.2, 0.25) is 6.79 Å². The van der Waals surface area contributed by atoms with E-state index in [1.54, 1.807) is 40.1 Å². The van der Waals surface area contributed by atoms with Crippen molar-refractivity contribution in [3.63, 3.8) is 0 Å². The Hall–Kier alpha value is -2.96. The highest BCUT2D eigenvalue weighted by Gasteiger charge is 2.29. The third kappa shape index (κ3) is 2.47. The number of carbonyl (C=O) groups is 2. The van der Waals surface area contributed by atoms with Crippen LogP contribution in [0.5, 0.6) is 11.5 Å². The Bertz CT molecular complexity index is 763. The van der Waals surface area contributed by atoms with Gasteiger partial charge in [0.15, 0.2) is 17.3 Å². The SMILES string of the molecule is O=C(c1ccco1)N1CCN(C(=O)c2cccc3c2OCO3)CC1. The molecule has 7 nitrogen and oxygen atoms in total. The summed E-state index contributed by atoms with van der Waals surface area (Å²) in [6, 6.07) is 8.61. The molecule has 0 N–H and O–H groups in total. The van der Waals surface area contributed by atoms with Crippen molar-refractivity contribution in [3.05, 3.63) is 47.9 Å². The van der Waals surface area contributed by atoms with Gasteiger partial charge in [-0.3, -0.25) is 9.59 Å². The van der Waals surface area contributed by atoms with Gasteiger partial charge >= 0.3 is 0 Å². The van der Waals surface area contributed by atoms with Crippen LogP contribution in [0.2, 0.25) is 0 Å². The van der Waals surface area contributed by atoms with E-state index in [0.29, 0.717) is 49.0 Å². The second-order valence-corrected chi connectivity index (χ2v) is 5.60. The number of ether oxygens (including phenoxy) is 2. The minimum atomic E-state index is -0.149. The molecule has 2 aliphatic heterocycles. The molecular weight excluding hydrogens is 312 g/mol. The molecule has 0 saturated carbocycles. The Kier molecular flexibility index (Phi) is 3.60. The van der Waals surface area contributed by atoms with Crippen LogP contribution >= 0.6 is 0 Å². The molecule has 1 saturated heterocycles. The zero-order valence-corrected chi connectivity index (χ0v) is 12.9. The van der Waals surface area contributed by atoms with Gasteiger partial charge in [0.1, 0.15) is 0 Å². The van der Waals surface area contributed by atoms with Gasteiger partial charge in [-0.1, -0.05) is 6.07 Å². The maximum Gasteiger partial charge on any atom is 0.289 e. The summed E-state index contributed by atoms with van der Waals surface area (Å²) < 4.78 is 15.9. The van der Waals surface area contributed by atoms with E-state index >= 15 is 0 Å². The standard InChI is InChI=1S/C17H16N2O5/c20-16(12-3-1-4-13-15(12)24-11-23-13)18-6-8-19(9-7-18)17(21)14-5-2-10-22-14/h1-5,10H,6-9,11H2. The van der Waals surface area contributed by atoms with E-state index in [1.807, 2.05) is 0 Å². The molecule has 0 radical (unpaired) electrons. The number of para-hydroxylation sites is 1. The number of nitrogens with zero attached hydrogens (tertiary/aromatic N) is 2. The summed E-state index contributed by atoms with van der Waals surface area (Å²) in [5, 5.41) is 0. The zero-order chi connectivity index (χ0) is 16.5. The quantitative estimate of drug-likeness (QED) is 0.837. The molecule has 0 spiro atoms. The van der Waals surface area contributed by atoms with Crippen molar-refractivity contribution in [2.75, 3.05) is 33.0 Å². The molecule has 0 bridgehead atoms. The van der Waals surface area contributed by atoms with Crippen molar-refractivity contribution in [2.45, 2.75) is 0 Å². The Morgan fingerprint density at radius 2 is 1.62 bits per heavy atom. The third-order valence-electron chi connectivity index (χ3n) is 4.21. The minimum absolute atomic E-state index is 0.109. The van der Waals surface area contributed by atoms with Crippen molar-refractivity contribution in [3.8, 4) is 11.5 Å². The molecule has 24 heavy (non-hydrogen) atoms. The second kappa shape index (κ2) is 5.92. The van der Waals surface area contributed by atoms with Gasteiger partial charge in [0.25, 0.3) is 11.8 Å². The van der Waals surface area contributed by atoms with Crippen LogP contribution in [0.15, 0.2) is 41.0 Å². The Labute approximate surface area is 138 Å². The molecule has 2 amide bonds. The molecule has 1 aromatic heterocycles. The summed E-state index contributed by atoms with van der Waals surface area (Å²) in [6.45, 7) is 2.01. The molecule has 0 unspecified atom stereocenters. The maximum absolute atomic E-state index is 12.7. The molecule has 3 heterocycles. The first kappa shape index (κ1) is 14.6. The number of rotatable bonds is 2. The monoisotopic (exact) mass is 328 g/mol. The van der Waals surface area contributed by atoms with Gasteiger partial charge in [0, 0.05) is 26.2 Å². The fraction of sp³-hybridized carbons (Fsp3) is 0.294. The van der Waals surface area contributed by atoms with Gasteiger partial charge in [-0.2, -0.15) is 0 Å². The largest absolute Gasteiger partial charge is 0.459 e. The first-order valence-corrected chi connectivity index (χ1v) is 7.75. The van der Waals surface area contributed by atoms with E-state index in [2.05, 4.69) is 0 Å². The van der Waals surface area contributed by atoms with E-state index in [1.165, 1.54) is 6.26 Å². The molecule has 124 valence electrons. The Morgan fingerprint density at radius 1 is 0.875 bits per heavy atom. The molecule has 2 aromatic rings. The lowest BCUT2D eigenvalue weighted by molar-refractivity contribution is 0.0516. The zero-order valence-electron chi connectivity index (χ0n) is 12.9. The van der Waals surface area contributed by atoms with Crippen LogP contribution in [0.3, 0.4) is 0 Å². The van der Waals surface area contributed by atoms with E-state index in [-0.39, 0.29) is 18.6 Å². The average Bonchev–Trinajstić information content (AvgIpc) is 3.31. The van der Waals surface area contributed by atoms with E-state index in [4.69, 9.17) is 13.9 Å². The molecule has 1 fully saturated rings. The molecular formula is C17H16N2O5. The summed E-state index contributed by atoms with van der Waals surface area (Å²) in [4.78, 5) is 28.4. The number of benzene rings is 1. The third-order valence-corrected chi connectivity index (χ3v) is 4.21. The van der Waals surface area contributed by atoms with Crippen molar-refractivity contribution in [2.24, 2.45) is 0 Å². The molecule has 1 aromatic carbocycles. The summed E-state index contributed by atoms with van der Waals surface area (Å²) in [6.07, 6.45) is 1.48. The maximum atomic E-state index is 12.7.